The topological polar surface area (TPSA) is 96.4 Å². The summed E-state index contributed by atoms with van der Waals surface area (Å²) in [6.45, 7) is 4.00. The monoisotopic (exact) mass is 444 g/mol. The molecule has 0 bridgehead atoms. The Morgan fingerprint density at radius 2 is 1.86 bits per heavy atom. The first-order chi connectivity index (χ1) is 13.4. The van der Waals surface area contributed by atoms with Gasteiger partial charge in [0.1, 0.15) is 6.04 Å². The molecule has 0 aliphatic carbocycles. The molecule has 1 aromatic carbocycles. The van der Waals surface area contributed by atoms with E-state index in [4.69, 9.17) is 34.0 Å². The van der Waals surface area contributed by atoms with Gasteiger partial charge in [-0.25, -0.2) is 0 Å². The quantitative estimate of drug-likeness (QED) is 0.468. The van der Waals surface area contributed by atoms with Crippen LogP contribution in [0, 0.1) is 0 Å². The van der Waals surface area contributed by atoms with E-state index in [1.165, 1.54) is 0 Å². The summed E-state index contributed by atoms with van der Waals surface area (Å²) in [4.78, 5) is 14.9. The van der Waals surface area contributed by atoms with E-state index in [1.54, 1.807) is 36.2 Å². The van der Waals surface area contributed by atoms with Crippen LogP contribution < -0.4 is 5.73 Å². The van der Waals surface area contributed by atoms with Gasteiger partial charge in [0.05, 0.1) is 11.8 Å². The fourth-order valence-electron chi connectivity index (χ4n) is 2.26. The first-order valence-corrected chi connectivity index (χ1v) is 10.9. The molecule has 0 fully saturated rings. The number of rotatable bonds is 9. The summed E-state index contributed by atoms with van der Waals surface area (Å²) in [6.07, 6.45) is 1.93. The molecular weight excluding hydrogens is 419 g/mol. The highest BCUT2D eigenvalue weighted by Gasteiger charge is 2.13. The lowest BCUT2D eigenvalue weighted by Gasteiger charge is -2.11. The van der Waals surface area contributed by atoms with Crippen LogP contribution in [0.3, 0.4) is 0 Å². The summed E-state index contributed by atoms with van der Waals surface area (Å²) in [5, 5.41) is 20.1. The molecule has 4 N–H and O–H groups in total. The number of aliphatic hydroxyl groups is 1. The van der Waals surface area contributed by atoms with E-state index in [2.05, 4.69) is 4.98 Å². The van der Waals surface area contributed by atoms with E-state index in [1.807, 2.05) is 26.0 Å². The van der Waals surface area contributed by atoms with Crippen molar-refractivity contribution in [2.24, 2.45) is 5.73 Å². The van der Waals surface area contributed by atoms with Crippen LogP contribution in [0.5, 0.6) is 0 Å². The molecule has 154 valence electrons. The van der Waals surface area contributed by atoms with Crippen molar-refractivity contribution < 1.29 is 15.0 Å². The van der Waals surface area contributed by atoms with Gasteiger partial charge in [-0.2, -0.15) is 11.8 Å². The Kier molecular flexibility index (Phi) is 11.5. The molecule has 2 aromatic rings. The number of aromatic nitrogens is 1. The van der Waals surface area contributed by atoms with Crippen molar-refractivity contribution in [1.82, 2.24) is 4.98 Å². The number of thioether (sulfide) groups is 1. The molecule has 0 saturated carbocycles. The zero-order valence-electron chi connectivity index (χ0n) is 15.9. The number of benzene rings is 1. The number of carboxylic acid groups (broad SMARTS) is 1. The lowest BCUT2D eigenvalue weighted by Crippen LogP contribution is -2.30. The van der Waals surface area contributed by atoms with Crippen LogP contribution in [-0.4, -0.2) is 38.7 Å². The first-order valence-electron chi connectivity index (χ1n) is 9.04. The second-order valence-corrected chi connectivity index (χ2v) is 7.81. The molecule has 28 heavy (non-hydrogen) atoms. The van der Waals surface area contributed by atoms with E-state index in [9.17, 15) is 9.90 Å². The molecule has 2 atom stereocenters. The number of halogens is 2. The third-order valence-electron chi connectivity index (χ3n) is 3.80. The van der Waals surface area contributed by atoms with Crippen LogP contribution in [0.15, 0.2) is 36.5 Å². The van der Waals surface area contributed by atoms with E-state index in [0.717, 1.165) is 11.1 Å². The second kappa shape index (κ2) is 13.0. The van der Waals surface area contributed by atoms with E-state index >= 15 is 0 Å². The smallest absolute Gasteiger partial charge is 0.320 e. The average molecular weight is 445 g/mol. The largest absolute Gasteiger partial charge is 0.480 e. The lowest BCUT2D eigenvalue weighted by molar-refractivity contribution is -0.138. The molecule has 1 aromatic heterocycles. The predicted octanol–water partition coefficient (Wildman–Crippen LogP) is 5.04. The molecule has 2 rings (SSSR count). The Hall–Kier alpha value is -1.31. The highest BCUT2D eigenvalue weighted by molar-refractivity contribution is 7.99. The number of nitrogens with zero attached hydrogens (tertiary/aromatic N) is 1. The van der Waals surface area contributed by atoms with Gasteiger partial charge in [-0.15, -0.1) is 0 Å². The van der Waals surface area contributed by atoms with Gasteiger partial charge >= 0.3 is 5.97 Å². The zero-order valence-corrected chi connectivity index (χ0v) is 18.3. The third kappa shape index (κ3) is 7.97. The minimum absolute atomic E-state index is 0.408. The summed E-state index contributed by atoms with van der Waals surface area (Å²) in [7, 11) is 0. The van der Waals surface area contributed by atoms with Gasteiger partial charge in [0, 0.05) is 27.4 Å². The molecule has 0 amide bonds. The maximum Gasteiger partial charge on any atom is 0.320 e. The normalized spacial score (nSPS) is 12.6. The van der Waals surface area contributed by atoms with Crippen LogP contribution in [0.2, 0.25) is 10.0 Å². The molecule has 0 radical (unpaired) electrons. The van der Waals surface area contributed by atoms with Crippen LogP contribution in [0.1, 0.15) is 38.5 Å². The van der Waals surface area contributed by atoms with Crippen LogP contribution in [0.25, 0.3) is 11.1 Å². The number of pyridine rings is 1. The number of hydrogen-bond donors (Lipinski definition) is 3. The fourth-order valence-corrected chi connectivity index (χ4v) is 3.80. The van der Waals surface area contributed by atoms with Gasteiger partial charge in [0.15, 0.2) is 0 Å². The van der Waals surface area contributed by atoms with Crippen molar-refractivity contribution in [3.05, 3.63) is 52.3 Å². The van der Waals surface area contributed by atoms with E-state index in [-0.39, 0.29) is 0 Å². The van der Waals surface area contributed by atoms with Crippen LogP contribution in [0.4, 0.5) is 0 Å². The number of aliphatic hydroxyl groups excluding tert-OH is 1. The number of carboxylic acids is 1. The van der Waals surface area contributed by atoms with Crippen molar-refractivity contribution in [3.8, 4) is 11.1 Å². The summed E-state index contributed by atoms with van der Waals surface area (Å²) < 4.78 is 0. The average Bonchev–Trinajstić information content (AvgIpc) is 2.69. The summed E-state index contributed by atoms with van der Waals surface area (Å²) >= 11 is 13.7. The van der Waals surface area contributed by atoms with Crippen molar-refractivity contribution in [2.45, 2.75) is 38.8 Å². The maximum absolute atomic E-state index is 10.6. The van der Waals surface area contributed by atoms with Crippen LogP contribution in [-0.2, 0) is 4.79 Å². The minimum atomic E-state index is -0.990. The number of hydrogen-bond acceptors (Lipinski definition) is 5. The Morgan fingerprint density at radius 3 is 2.43 bits per heavy atom. The molecule has 0 aliphatic heterocycles. The Morgan fingerprint density at radius 1 is 1.18 bits per heavy atom. The molecule has 1 heterocycles. The SMILES string of the molecule is CC.NC(CCSCCC(O)c1ccc(-c2ccc(Cl)cc2Cl)cn1)C(=O)O. The highest BCUT2D eigenvalue weighted by atomic mass is 35.5. The molecule has 5 nitrogen and oxygen atoms in total. The molecule has 2 unspecified atom stereocenters. The molecule has 0 spiro atoms. The van der Waals surface area contributed by atoms with Crippen molar-refractivity contribution >= 4 is 40.9 Å². The van der Waals surface area contributed by atoms with Gasteiger partial charge in [-0.1, -0.05) is 49.2 Å². The van der Waals surface area contributed by atoms with Gasteiger partial charge in [0.2, 0.25) is 0 Å². The maximum atomic E-state index is 10.6. The summed E-state index contributed by atoms with van der Waals surface area (Å²) in [5.74, 6) is 0.345. The minimum Gasteiger partial charge on any atom is -0.480 e. The van der Waals surface area contributed by atoms with Gasteiger partial charge in [0.25, 0.3) is 0 Å². The van der Waals surface area contributed by atoms with Crippen LogP contribution >= 0.6 is 35.0 Å². The Labute approximate surface area is 180 Å². The molecule has 0 saturated heterocycles. The van der Waals surface area contributed by atoms with Gasteiger partial charge < -0.3 is 15.9 Å². The molecular formula is C20H26Cl2N2O3S. The number of carbonyl (C=O) groups is 1. The van der Waals surface area contributed by atoms with Crippen molar-refractivity contribution in [1.29, 1.82) is 0 Å². The summed E-state index contributed by atoms with van der Waals surface area (Å²) in [5.41, 5.74) is 7.70. The molecule has 0 aliphatic rings. The lowest BCUT2D eigenvalue weighted by atomic mass is 10.1. The van der Waals surface area contributed by atoms with E-state index in [0.29, 0.717) is 40.1 Å². The zero-order chi connectivity index (χ0) is 21.1. The van der Waals surface area contributed by atoms with Gasteiger partial charge in [-0.05, 0) is 42.5 Å². The fraction of sp³-hybridized carbons (Fsp3) is 0.400. The Balaban J connectivity index is 0.00000190. The van der Waals surface area contributed by atoms with E-state index < -0.39 is 18.1 Å². The summed E-state index contributed by atoms with van der Waals surface area (Å²) in [6, 6.07) is 8.07. The predicted molar refractivity (Wildman–Crippen MR) is 118 cm³/mol. The van der Waals surface area contributed by atoms with Gasteiger partial charge in [-0.3, -0.25) is 9.78 Å². The second-order valence-electron chi connectivity index (χ2n) is 5.75. The standard InChI is InChI=1S/C18H20Cl2N2O3S.C2H6/c19-12-2-3-13(14(20)9-12)11-1-4-16(22-10-11)17(23)6-8-26-7-5-15(21)18(24)25;1-2/h1-4,9-10,15,17,23H,5-8,21H2,(H,24,25);1-2H3. The highest BCUT2D eigenvalue weighted by Crippen LogP contribution is 2.30. The Bertz CT molecular complexity index is 745. The number of nitrogens with two attached hydrogens (primary N) is 1. The van der Waals surface area contributed by atoms with Crippen molar-refractivity contribution in [3.63, 3.8) is 0 Å². The number of aliphatic carboxylic acids is 1. The molecule has 8 heteroatoms. The first kappa shape index (κ1) is 24.7. The van der Waals surface area contributed by atoms with Crippen molar-refractivity contribution in [2.75, 3.05) is 11.5 Å². The third-order valence-corrected chi connectivity index (χ3v) is 5.39.